The minimum absolute atomic E-state index is 0.159. The summed E-state index contributed by atoms with van der Waals surface area (Å²) < 4.78 is 2.05. The van der Waals surface area contributed by atoms with E-state index < -0.39 is 0 Å². The maximum absolute atomic E-state index is 12.5. The van der Waals surface area contributed by atoms with Crippen molar-refractivity contribution in [1.29, 1.82) is 0 Å². The van der Waals surface area contributed by atoms with E-state index in [0.29, 0.717) is 12.5 Å². The van der Waals surface area contributed by atoms with E-state index in [2.05, 4.69) is 6.92 Å². The predicted molar refractivity (Wildman–Crippen MR) is 72.4 cm³/mol. The number of rotatable bonds is 4. The molecule has 4 heteroatoms. The zero-order chi connectivity index (χ0) is 13.0. The molecule has 18 heavy (non-hydrogen) atoms. The quantitative estimate of drug-likeness (QED) is 0.883. The molecule has 0 aliphatic carbocycles. The van der Waals surface area contributed by atoms with Gasteiger partial charge in [-0.25, -0.2) is 0 Å². The lowest BCUT2D eigenvalue weighted by atomic mass is 9.98. The van der Waals surface area contributed by atoms with Crippen LogP contribution in [0.4, 0.5) is 0 Å². The summed E-state index contributed by atoms with van der Waals surface area (Å²) in [6.07, 6.45) is 5.25. The van der Waals surface area contributed by atoms with Crippen LogP contribution in [0.15, 0.2) is 18.3 Å². The van der Waals surface area contributed by atoms with Gasteiger partial charge in [-0.3, -0.25) is 4.79 Å². The molecule has 0 bridgehead atoms. The molecule has 1 fully saturated rings. The molecule has 0 saturated carbocycles. The Balaban J connectivity index is 2.08. The normalized spacial score (nSPS) is 20.1. The second-order valence-electron chi connectivity index (χ2n) is 5.08. The molecular weight excluding hydrogens is 226 g/mol. The van der Waals surface area contributed by atoms with Crippen molar-refractivity contribution in [1.82, 2.24) is 9.47 Å². The van der Waals surface area contributed by atoms with Crippen molar-refractivity contribution in [3.63, 3.8) is 0 Å². The van der Waals surface area contributed by atoms with Crippen LogP contribution in [-0.4, -0.2) is 35.0 Å². The van der Waals surface area contributed by atoms with E-state index in [1.807, 2.05) is 27.8 Å². The molecule has 1 atom stereocenters. The lowest BCUT2D eigenvalue weighted by molar-refractivity contribution is 0.0667. The number of nitrogens with zero attached hydrogens (tertiary/aromatic N) is 2. The molecule has 1 aromatic heterocycles. The van der Waals surface area contributed by atoms with Crippen molar-refractivity contribution in [2.45, 2.75) is 32.7 Å². The summed E-state index contributed by atoms with van der Waals surface area (Å²) in [7, 11) is 0. The molecule has 1 amide bonds. The predicted octanol–water partition coefficient (Wildman–Crippen LogP) is 1.71. The van der Waals surface area contributed by atoms with E-state index >= 15 is 0 Å². The molecular formula is C14H23N3O. The largest absolute Gasteiger partial charge is 0.344 e. The number of piperidine rings is 1. The van der Waals surface area contributed by atoms with Crippen LogP contribution in [-0.2, 0) is 6.54 Å². The number of hydrogen-bond donors (Lipinski definition) is 1. The topological polar surface area (TPSA) is 51.3 Å². The number of carbonyl (C=O) groups is 1. The molecule has 0 spiro atoms. The number of amides is 1. The van der Waals surface area contributed by atoms with Crippen LogP contribution in [0.1, 0.15) is 36.7 Å². The van der Waals surface area contributed by atoms with E-state index in [4.69, 9.17) is 5.73 Å². The summed E-state index contributed by atoms with van der Waals surface area (Å²) in [5.74, 6) is 0.629. The van der Waals surface area contributed by atoms with Crippen LogP contribution in [0.25, 0.3) is 0 Å². The van der Waals surface area contributed by atoms with Gasteiger partial charge in [0, 0.05) is 25.8 Å². The average molecular weight is 249 g/mol. The van der Waals surface area contributed by atoms with Gasteiger partial charge in [0.25, 0.3) is 5.91 Å². The van der Waals surface area contributed by atoms with E-state index in [-0.39, 0.29) is 5.91 Å². The van der Waals surface area contributed by atoms with Crippen LogP contribution >= 0.6 is 0 Å². The molecule has 1 unspecified atom stereocenters. The Labute approximate surface area is 109 Å². The number of carbonyl (C=O) groups excluding carboxylic acids is 1. The maximum Gasteiger partial charge on any atom is 0.270 e. The number of aryl methyl sites for hydroxylation is 1. The SMILES string of the molecule is CCCn1cccc1C(=O)N1CCCC(CN)C1. The fourth-order valence-electron chi connectivity index (χ4n) is 2.65. The van der Waals surface area contributed by atoms with Gasteiger partial charge < -0.3 is 15.2 Å². The van der Waals surface area contributed by atoms with Gasteiger partial charge >= 0.3 is 0 Å². The standard InChI is InChI=1S/C14H23N3O/c1-2-7-16-8-4-6-13(16)14(18)17-9-3-5-12(10-15)11-17/h4,6,8,12H,2-3,5,7,9-11,15H2,1H3. The lowest BCUT2D eigenvalue weighted by Gasteiger charge is -2.32. The first-order chi connectivity index (χ1) is 8.76. The molecule has 2 rings (SSSR count). The van der Waals surface area contributed by atoms with Crippen molar-refractivity contribution in [2.75, 3.05) is 19.6 Å². The second kappa shape index (κ2) is 6.05. The Morgan fingerprint density at radius 1 is 1.56 bits per heavy atom. The van der Waals surface area contributed by atoms with E-state index in [1.165, 1.54) is 0 Å². The van der Waals surface area contributed by atoms with Gasteiger partial charge in [0.15, 0.2) is 0 Å². The molecule has 1 saturated heterocycles. The molecule has 1 aromatic rings. The van der Waals surface area contributed by atoms with Crippen LogP contribution < -0.4 is 5.73 Å². The Hall–Kier alpha value is -1.29. The van der Waals surface area contributed by atoms with Crippen molar-refractivity contribution >= 4 is 5.91 Å². The molecule has 4 nitrogen and oxygen atoms in total. The Kier molecular flexibility index (Phi) is 4.42. The average Bonchev–Trinajstić information content (AvgIpc) is 2.86. The van der Waals surface area contributed by atoms with Crippen LogP contribution in [0, 0.1) is 5.92 Å². The fraction of sp³-hybridized carbons (Fsp3) is 0.643. The minimum Gasteiger partial charge on any atom is -0.344 e. The summed E-state index contributed by atoms with van der Waals surface area (Å²) in [6.45, 7) is 5.39. The number of aromatic nitrogens is 1. The smallest absolute Gasteiger partial charge is 0.270 e. The summed E-state index contributed by atoms with van der Waals surface area (Å²) >= 11 is 0. The van der Waals surface area contributed by atoms with E-state index in [9.17, 15) is 4.79 Å². The van der Waals surface area contributed by atoms with Gasteiger partial charge in [-0.2, -0.15) is 0 Å². The van der Waals surface area contributed by atoms with Gasteiger partial charge in [0.05, 0.1) is 0 Å². The summed E-state index contributed by atoms with van der Waals surface area (Å²) in [4.78, 5) is 14.4. The molecule has 0 radical (unpaired) electrons. The molecule has 2 heterocycles. The first kappa shape index (κ1) is 13.1. The molecule has 1 aliphatic heterocycles. The fourth-order valence-corrected chi connectivity index (χ4v) is 2.65. The highest BCUT2D eigenvalue weighted by molar-refractivity contribution is 5.92. The summed E-state index contributed by atoms with van der Waals surface area (Å²) in [5.41, 5.74) is 6.53. The summed E-state index contributed by atoms with van der Waals surface area (Å²) in [6, 6.07) is 3.87. The van der Waals surface area contributed by atoms with Crippen molar-refractivity contribution in [3.8, 4) is 0 Å². The van der Waals surface area contributed by atoms with E-state index in [0.717, 1.165) is 44.6 Å². The Morgan fingerprint density at radius 3 is 3.11 bits per heavy atom. The van der Waals surface area contributed by atoms with E-state index in [1.54, 1.807) is 0 Å². The summed E-state index contributed by atoms with van der Waals surface area (Å²) in [5, 5.41) is 0. The van der Waals surface area contributed by atoms with Crippen molar-refractivity contribution in [2.24, 2.45) is 11.7 Å². The maximum atomic E-state index is 12.5. The highest BCUT2D eigenvalue weighted by Crippen LogP contribution is 2.18. The third-order valence-corrected chi connectivity index (χ3v) is 3.65. The molecule has 2 N–H and O–H groups in total. The number of nitrogens with two attached hydrogens (primary N) is 1. The second-order valence-corrected chi connectivity index (χ2v) is 5.08. The number of hydrogen-bond acceptors (Lipinski definition) is 2. The van der Waals surface area contributed by atoms with Crippen LogP contribution in [0.3, 0.4) is 0 Å². The van der Waals surface area contributed by atoms with Gasteiger partial charge in [0.1, 0.15) is 5.69 Å². The van der Waals surface area contributed by atoms with Gasteiger partial charge in [-0.15, -0.1) is 0 Å². The zero-order valence-electron chi connectivity index (χ0n) is 11.1. The third-order valence-electron chi connectivity index (χ3n) is 3.65. The monoisotopic (exact) mass is 249 g/mol. The first-order valence-electron chi connectivity index (χ1n) is 6.90. The van der Waals surface area contributed by atoms with Crippen LogP contribution in [0.5, 0.6) is 0 Å². The molecule has 0 aromatic carbocycles. The van der Waals surface area contributed by atoms with Crippen molar-refractivity contribution < 1.29 is 4.79 Å². The van der Waals surface area contributed by atoms with Gasteiger partial charge in [-0.1, -0.05) is 6.92 Å². The lowest BCUT2D eigenvalue weighted by Crippen LogP contribution is -2.42. The van der Waals surface area contributed by atoms with Gasteiger partial charge in [0.2, 0.25) is 0 Å². The highest BCUT2D eigenvalue weighted by atomic mass is 16.2. The van der Waals surface area contributed by atoms with Gasteiger partial charge in [-0.05, 0) is 43.9 Å². The molecule has 100 valence electrons. The third kappa shape index (κ3) is 2.75. The molecule has 1 aliphatic rings. The minimum atomic E-state index is 0.159. The zero-order valence-corrected chi connectivity index (χ0v) is 11.1. The first-order valence-corrected chi connectivity index (χ1v) is 6.90. The Morgan fingerprint density at radius 2 is 2.39 bits per heavy atom. The Bertz CT molecular complexity index is 399. The highest BCUT2D eigenvalue weighted by Gasteiger charge is 2.24. The number of likely N-dealkylation sites (tertiary alicyclic amines) is 1. The van der Waals surface area contributed by atoms with Crippen molar-refractivity contribution in [3.05, 3.63) is 24.0 Å². The van der Waals surface area contributed by atoms with Crippen LogP contribution in [0.2, 0.25) is 0 Å².